The smallest absolute Gasteiger partial charge is 0.450 e. The summed E-state index contributed by atoms with van der Waals surface area (Å²) in [5.74, 6) is 2.03. The second-order valence-corrected chi connectivity index (χ2v) is 6.33. The SMILES string of the molecule is CC1(C)[C@@H]2[C@H]1CC[C@@]1(C)C(OC(=O)O)[C@H]21. The van der Waals surface area contributed by atoms with E-state index >= 15 is 0 Å². The molecule has 3 aliphatic carbocycles. The molecule has 0 aromatic carbocycles. The molecular formula is C12H18O3. The van der Waals surface area contributed by atoms with Crippen molar-refractivity contribution in [3.05, 3.63) is 0 Å². The molecule has 3 nitrogen and oxygen atoms in total. The Hall–Kier alpha value is -0.730. The van der Waals surface area contributed by atoms with Gasteiger partial charge in [0.05, 0.1) is 0 Å². The first-order chi connectivity index (χ1) is 6.89. The molecule has 3 rings (SSSR count). The molecule has 3 aliphatic rings. The molecule has 3 heteroatoms. The van der Waals surface area contributed by atoms with Crippen molar-refractivity contribution >= 4 is 6.16 Å². The van der Waals surface area contributed by atoms with E-state index in [0.717, 1.165) is 12.3 Å². The second-order valence-electron chi connectivity index (χ2n) is 6.33. The van der Waals surface area contributed by atoms with E-state index in [9.17, 15) is 4.79 Å². The van der Waals surface area contributed by atoms with Crippen molar-refractivity contribution in [3.63, 3.8) is 0 Å². The van der Waals surface area contributed by atoms with E-state index in [4.69, 9.17) is 9.84 Å². The molecule has 0 spiro atoms. The van der Waals surface area contributed by atoms with Gasteiger partial charge in [0, 0.05) is 11.3 Å². The summed E-state index contributed by atoms with van der Waals surface area (Å²) in [5, 5.41) is 8.69. The molecule has 1 unspecified atom stereocenters. The van der Waals surface area contributed by atoms with Crippen molar-refractivity contribution in [2.24, 2.45) is 28.6 Å². The molecule has 0 radical (unpaired) electrons. The molecule has 1 N–H and O–H groups in total. The van der Waals surface area contributed by atoms with Crippen molar-refractivity contribution in [3.8, 4) is 0 Å². The maximum atomic E-state index is 10.6. The minimum absolute atomic E-state index is 0.0215. The number of fused-ring (bicyclic) bond motifs is 3. The summed E-state index contributed by atoms with van der Waals surface area (Å²) >= 11 is 0. The summed E-state index contributed by atoms with van der Waals surface area (Å²) < 4.78 is 5.02. The van der Waals surface area contributed by atoms with E-state index in [-0.39, 0.29) is 11.5 Å². The van der Waals surface area contributed by atoms with Gasteiger partial charge in [-0.2, -0.15) is 0 Å². The number of rotatable bonds is 1. The van der Waals surface area contributed by atoms with Gasteiger partial charge in [-0.05, 0) is 30.1 Å². The van der Waals surface area contributed by atoms with Gasteiger partial charge in [-0.25, -0.2) is 4.79 Å². The lowest BCUT2D eigenvalue weighted by molar-refractivity contribution is 0.0697. The molecule has 0 heterocycles. The van der Waals surface area contributed by atoms with Crippen molar-refractivity contribution in [1.29, 1.82) is 0 Å². The fraction of sp³-hybridized carbons (Fsp3) is 0.917. The molecule has 3 fully saturated rings. The lowest BCUT2D eigenvalue weighted by Gasteiger charge is -2.14. The van der Waals surface area contributed by atoms with Crippen molar-refractivity contribution in [1.82, 2.24) is 0 Å². The van der Waals surface area contributed by atoms with Gasteiger partial charge in [-0.3, -0.25) is 0 Å². The average Bonchev–Trinajstić information content (AvgIpc) is 2.87. The molecule has 0 aromatic heterocycles. The Bertz CT molecular complexity index is 336. The van der Waals surface area contributed by atoms with Crippen LogP contribution in [0.2, 0.25) is 0 Å². The van der Waals surface area contributed by atoms with Crippen molar-refractivity contribution in [2.75, 3.05) is 0 Å². The maximum Gasteiger partial charge on any atom is 0.506 e. The summed E-state index contributed by atoms with van der Waals surface area (Å²) in [6, 6.07) is 0. The van der Waals surface area contributed by atoms with E-state index in [2.05, 4.69) is 20.8 Å². The first kappa shape index (κ1) is 9.49. The van der Waals surface area contributed by atoms with Crippen LogP contribution < -0.4 is 0 Å². The number of hydrogen-bond donors (Lipinski definition) is 1. The highest BCUT2D eigenvalue weighted by molar-refractivity contribution is 5.58. The first-order valence-corrected chi connectivity index (χ1v) is 5.78. The van der Waals surface area contributed by atoms with Gasteiger partial charge in [0.1, 0.15) is 6.10 Å². The van der Waals surface area contributed by atoms with Crippen LogP contribution in [0.5, 0.6) is 0 Å². The van der Waals surface area contributed by atoms with Crippen molar-refractivity contribution in [2.45, 2.75) is 39.7 Å². The highest BCUT2D eigenvalue weighted by Crippen LogP contribution is 2.79. The quantitative estimate of drug-likeness (QED) is 0.677. The zero-order valence-corrected chi connectivity index (χ0v) is 9.49. The van der Waals surface area contributed by atoms with Crippen LogP contribution in [0, 0.1) is 28.6 Å². The zero-order chi connectivity index (χ0) is 11.0. The Morgan fingerprint density at radius 1 is 1.33 bits per heavy atom. The Balaban J connectivity index is 1.80. The summed E-state index contributed by atoms with van der Waals surface area (Å²) in [6.07, 6.45) is 1.27. The van der Waals surface area contributed by atoms with Crippen LogP contribution in [0.3, 0.4) is 0 Å². The van der Waals surface area contributed by atoms with Gasteiger partial charge in [-0.1, -0.05) is 20.8 Å². The zero-order valence-electron chi connectivity index (χ0n) is 9.49. The number of carbonyl (C=O) groups is 1. The molecule has 5 atom stereocenters. The largest absolute Gasteiger partial charge is 0.506 e. The Labute approximate surface area is 89.8 Å². The van der Waals surface area contributed by atoms with Crippen LogP contribution in [0.4, 0.5) is 4.79 Å². The summed E-state index contributed by atoms with van der Waals surface area (Å²) in [4.78, 5) is 10.6. The van der Waals surface area contributed by atoms with E-state index < -0.39 is 6.16 Å². The van der Waals surface area contributed by atoms with E-state index in [1.54, 1.807) is 0 Å². The molecule has 0 amide bonds. The van der Waals surface area contributed by atoms with Gasteiger partial charge in [0.25, 0.3) is 0 Å². The van der Waals surface area contributed by atoms with Gasteiger partial charge >= 0.3 is 6.16 Å². The van der Waals surface area contributed by atoms with Crippen LogP contribution in [-0.2, 0) is 4.74 Å². The molecular weight excluding hydrogens is 192 g/mol. The van der Waals surface area contributed by atoms with E-state index in [0.29, 0.717) is 17.3 Å². The standard InChI is InChI=1S/C12H18O3/c1-11(2)6-4-5-12(3)8(7(6)11)9(12)15-10(13)14/h6-9H,4-5H2,1-3H3,(H,13,14)/t6-,7-,8+,9?,12-/m1/s1. The third-order valence-electron chi connectivity index (χ3n) is 5.38. The molecule has 0 aromatic rings. The van der Waals surface area contributed by atoms with E-state index in [1.165, 1.54) is 6.42 Å². The normalized spacial score (nSPS) is 53.8. The highest BCUT2D eigenvalue weighted by atomic mass is 16.7. The lowest BCUT2D eigenvalue weighted by atomic mass is 9.90. The van der Waals surface area contributed by atoms with Crippen LogP contribution in [-0.4, -0.2) is 17.4 Å². The second kappa shape index (κ2) is 2.33. The van der Waals surface area contributed by atoms with Crippen LogP contribution >= 0.6 is 0 Å². The minimum Gasteiger partial charge on any atom is -0.450 e. The molecule has 0 aliphatic heterocycles. The third-order valence-corrected chi connectivity index (χ3v) is 5.38. The predicted molar refractivity (Wildman–Crippen MR) is 54.5 cm³/mol. The average molecular weight is 210 g/mol. The fourth-order valence-electron chi connectivity index (χ4n) is 4.30. The van der Waals surface area contributed by atoms with Gasteiger partial charge in [-0.15, -0.1) is 0 Å². The lowest BCUT2D eigenvalue weighted by Crippen LogP contribution is -2.10. The first-order valence-electron chi connectivity index (χ1n) is 5.78. The summed E-state index contributed by atoms with van der Waals surface area (Å²) in [7, 11) is 0. The Morgan fingerprint density at radius 3 is 2.60 bits per heavy atom. The Kier molecular flexibility index (Phi) is 1.48. The van der Waals surface area contributed by atoms with Gasteiger partial charge in [0.2, 0.25) is 0 Å². The number of ether oxygens (including phenoxy) is 1. The minimum atomic E-state index is -1.11. The highest BCUT2D eigenvalue weighted by Gasteiger charge is 2.79. The monoisotopic (exact) mass is 210 g/mol. The van der Waals surface area contributed by atoms with Crippen molar-refractivity contribution < 1.29 is 14.6 Å². The molecule has 0 bridgehead atoms. The molecule has 15 heavy (non-hydrogen) atoms. The van der Waals surface area contributed by atoms with Gasteiger partial charge in [0.15, 0.2) is 0 Å². The fourth-order valence-corrected chi connectivity index (χ4v) is 4.30. The van der Waals surface area contributed by atoms with Crippen LogP contribution in [0.1, 0.15) is 33.6 Å². The topological polar surface area (TPSA) is 46.5 Å². The summed E-state index contributed by atoms with van der Waals surface area (Å²) in [5.41, 5.74) is 0.590. The van der Waals surface area contributed by atoms with Gasteiger partial charge < -0.3 is 9.84 Å². The van der Waals surface area contributed by atoms with E-state index in [1.807, 2.05) is 0 Å². The number of hydrogen-bond acceptors (Lipinski definition) is 2. The maximum absolute atomic E-state index is 10.6. The number of carboxylic acid groups (broad SMARTS) is 1. The molecule has 84 valence electrons. The summed E-state index contributed by atoms with van der Waals surface area (Å²) in [6.45, 7) is 6.81. The molecule has 0 saturated heterocycles. The molecule has 3 saturated carbocycles. The predicted octanol–water partition coefficient (Wildman–Crippen LogP) is 2.75. The van der Waals surface area contributed by atoms with Crippen LogP contribution in [0.25, 0.3) is 0 Å². The third kappa shape index (κ3) is 0.990. The Morgan fingerprint density at radius 2 is 2.00 bits per heavy atom. The van der Waals surface area contributed by atoms with Crippen LogP contribution in [0.15, 0.2) is 0 Å².